The van der Waals surface area contributed by atoms with Crippen LogP contribution in [-0.2, 0) is 9.47 Å². The second-order valence-electron chi connectivity index (χ2n) is 5.06. The predicted molar refractivity (Wildman–Crippen MR) is 49.6 cm³/mol. The molecule has 2 heterocycles. The lowest BCUT2D eigenvalue weighted by Crippen LogP contribution is -2.56. The largest absolute Gasteiger partial charge is 0.374 e. The fourth-order valence-corrected chi connectivity index (χ4v) is 3.22. The molecule has 2 saturated heterocycles. The molecule has 0 radical (unpaired) electrons. The standard InChI is InChI=1S/C11H18O2/c1-10(8-13-10)9-4-2-3-5-11(9)6-7-12-11/h9H,2-8H2,1H3/t9-,10+,11+/m1/s1. The molecule has 2 aliphatic heterocycles. The molecule has 0 N–H and O–H groups in total. The fourth-order valence-electron chi connectivity index (χ4n) is 3.22. The van der Waals surface area contributed by atoms with Crippen LogP contribution >= 0.6 is 0 Å². The van der Waals surface area contributed by atoms with Crippen LogP contribution in [0.5, 0.6) is 0 Å². The van der Waals surface area contributed by atoms with E-state index in [0.29, 0.717) is 5.92 Å². The lowest BCUT2D eigenvalue weighted by molar-refractivity contribution is -0.209. The summed E-state index contributed by atoms with van der Waals surface area (Å²) >= 11 is 0. The molecular formula is C11H18O2. The zero-order chi connectivity index (χ0) is 8.94. The average molecular weight is 182 g/mol. The van der Waals surface area contributed by atoms with E-state index in [1.54, 1.807) is 0 Å². The van der Waals surface area contributed by atoms with Gasteiger partial charge in [0.2, 0.25) is 0 Å². The van der Waals surface area contributed by atoms with Crippen molar-refractivity contribution in [1.29, 1.82) is 0 Å². The molecule has 0 bridgehead atoms. The Morgan fingerprint density at radius 1 is 1.15 bits per heavy atom. The Bertz CT molecular complexity index is 216. The summed E-state index contributed by atoms with van der Waals surface area (Å²) in [6.07, 6.45) is 6.59. The summed E-state index contributed by atoms with van der Waals surface area (Å²) in [6.45, 7) is 4.20. The van der Waals surface area contributed by atoms with E-state index in [0.717, 1.165) is 13.2 Å². The minimum atomic E-state index is 0.181. The lowest BCUT2D eigenvalue weighted by Gasteiger charge is -2.51. The van der Waals surface area contributed by atoms with Crippen LogP contribution in [0.3, 0.4) is 0 Å². The maximum absolute atomic E-state index is 5.86. The number of hydrogen-bond acceptors (Lipinski definition) is 2. The van der Waals surface area contributed by atoms with Crippen LogP contribution in [0.2, 0.25) is 0 Å². The van der Waals surface area contributed by atoms with E-state index < -0.39 is 0 Å². The van der Waals surface area contributed by atoms with Crippen molar-refractivity contribution < 1.29 is 9.47 Å². The molecule has 2 heteroatoms. The SMILES string of the molecule is C[C@@]1([C@H]2CCCC[C@]23CCO3)CO1. The molecular weight excluding hydrogens is 164 g/mol. The summed E-state index contributed by atoms with van der Waals surface area (Å²) in [5.74, 6) is 0.683. The second kappa shape index (κ2) is 2.48. The molecule has 0 amide bonds. The van der Waals surface area contributed by atoms with Crippen LogP contribution in [0, 0.1) is 5.92 Å². The van der Waals surface area contributed by atoms with Gasteiger partial charge in [0.15, 0.2) is 0 Å². The molecule has 0 aromatic rings. The van der Waals surface area contributed by atoms with Gasteiger partial charge in [-0.15, -0.1) is 0 Å². The molecule has 13 heavy (non-hydrogen) atoms. The topological polar surface area (TPSA) is 21.8 Å². The highest BCUT2D eigenvalue weighted by atomic mass is 16.6. The van der Waals surface area contributed by atoms with Gasteiger partial charge in [0.1, 0.15) is 0 Å². The minimum Gasteiger partial charge on any atom is -0.374 e. The van der Waals surface area contributed by atoms with E-state index in [1.807, 2.05) is 0 Å². The van der Waals surface area contributed by atoms with Gasteiger partial charge in [-0.25, -0.2) is 0 Å². The summed E-state index contributed by atoms with van der Waals surface area (Å²) in [5, 5.41) is 0. The Labute approximate surface area is 79.6 Å². The highest BCUT2D eigenvalue weighted by molar-refractivity contribution is 5.08. The lowest BCUT2D eigenvalue weighted by atomic mass is 9.66. The van der Waals surface area contributed by atoms with Crippen molar-refractivity contribution >= 4 is 0 Å². The summed E-state index contributed by atoms with van der Waals surface area (Å²) in [5.41, 5.74) is 0.421. The van der Waals surface area contributed by atoms with E-state index in [9.17, 15) is 0 Å². The van der Waals surface area contributed by atoms with Crippen molar-refractivity contribution in [3.05, 3.63) is 0 Å². The monoisotopic (exact) mass is 182 g/mol. The van der Waals surface area contributed by atoms with Gasteiger partial charge in [-0.05, 0) is 19.8 Å². The zero-order valence-electron chi connectivity index (χ0n) is 8.34. The van der Waals surface area contributed by atoms with Crippen LogP contribution in [0.4, 0.5) is 0 Å². The first-order chi connectivity index (χ1) is 6.25. The number of hydrogen-bond donors (Lipinski definition) is 0. The molecule has 3 rings (SSSR count). The number of ether oxygens (including phenoxy) is 2. The Kier molecular flexibility index (Phi) is 1.58. The van der Waals surface area contributed by atoms with Gasteiger partial charge >= 0.3 is 0 Å². The Hall–Kier alpha value is -0.0800. The van der Waals surface area contributed by atoms with Crippen LogP contribution < -0.4 is 0 Å². The van der Waals surface area contributed by atoms with E-state index >= 15 is 0 Å². The van der Waals surface area contributed by atoms with Gasteiger partial charge in [-0.3, -0.25) is 0 Å². The van der Waals surface area contributed by atoms with Crippen LogP contribution in [0.1, 0.15) is 39.0 Å². The van der Waals surface area contributed by atoms with E-state index in [-0.39, 0.29) is 11.2 Å². The van der Waals surface area contributed by atoms with Gasteiger partial charge in [0.05, 0.1) is 24.4 Å². The third kappa shape index (κ3) is 1.08. The van der Waals surface area contributed by atoms with Crippen LogP contribution in [-0.4, -0.2) is 24.4 Å². The first-order valence-corrected chi connectivity index (χ1v) is 5.53. The first kappa shape index (κ1) is 8.25. The average Bonchev–Trinajstić information content (AvgIpc) is 2.82. The zero-order valence-corrected chi connectivity index (χ0v) is 8.34. The Balaban J connectivity index is 1.82. The Morgan fingerprint density at radius 2 is 1.92 bits per heavy atom. The number of epoxide rings is 1. The van der Waals surface area contributed by atoms with Crippen molar-refractivity contribution in [2.45, 2.75) is 50.2 Å². The summed E-state index contributed by atoms with van der Waals surface area (Å²) in [7, 11) is 0. The third-order valence-corrected chi connectivity index (χ3v) is 4.23. The number of rotatable bonds is 1. The minimum absolute atomic E-state index is 0.181. The molecule has 0 aromatic carbocycles. The molecule has 74 valence electrons. The van der Waals surface area contributed by atoms with Gasteiger partial charge in [-0.2, -0.15) is 0 Å². The maximum atomic E-state index is 5.86. The van der Waals surface area contributed by atoms with E-state index in [4.69, 9.17) is 9.47 Å². The quantitative estimate of drug-likeness (QED) is 0.579. The first-order valence-electron chi connectivity index (χ1n) is 5.53. The predicted octanol–water partition coefficient (Wildman–Crippen LogP) is 2.12. The molecule has 0 unspecified atom stereocenters. The van der Waals surface area contributed by atoms with Crippen LogP contribution in [0.15, 0.2) is 0 Å². The molecule has 1 spiro atoms. The van der Waals surface area contributed by atoms with Gasteiger partial charge in [-0.1, -0.05) is 12.8 Å². The van der Waals surface area contributed by atoms with Crippen molar-refractivity contribution in [3.63, 3.8) is 0 Å². The summed E-state index contributed by atoms with van der Waals surface area (Å²) < 4.78 is 11.4. The van der Waals surface area contributed by atoms with Crippen molar-refractivity contribution in [1.82, 2.24) is 0 Å². The molecule has 3 aliphatic rings. The normalized spacial score (nSPS) is 54.7. The van der Waals surface area contributed by atoms with Gasteiger partial charge < -0.3 is 9.47 Å². The molecule has 1 saturated carbocycles. The summed E-state index contributed by atoms with van der Waals surface area (Å²) in [4.78, 5) is 0. The maximum Gasteiger partial charge on any atom is 0.0944 e. The molecule has 3 fully saturated rings. The van der Waals surface area contributed by atoms with Gasteiger partial charge in [0, 0.05) is 12.3 Å². The Morgan fingerprint density at radius 3 is 2.46 bits per heavy atom. The van der Waals surface area contributed by atoms with E-state index in [2.05, 4.69) is 6.92 Å². The van der Waals surface area contributed by atoms with Crippen molar-refractivity contribution in [2.75, 3.05) is 13.2 Å². The van der Waals surface area contributed by atoms with Crippen molar-refractivity contribution in [3.8, 4) is 0 Å². The van der Waals surface area contributed by atoms with E-state index in [1.165, 1.54) is 32.1 Å². The molecule has 3 atom stereocenters. The second-order valence-corrected chi connectivity index (χ2v) is 5.06. The van der Waals surface area contributed by atoms with Crippen LogP contribution in [0.25, 0.3) is 0 Å². The molecule has 0 aromatic heterocycles. The highest BCUT2D eigenvalue weighted by Crippen LogP contribution is 2.53. The highest BCUT2D eigenvalue weighted by Gasteiger charge is 2.59. The van der Waals surface area contributed by atoms with Gasteiger partial charge in [0.25, 0.3) is 0 Å². The third-order valence-electron chi connectivity index (χ3n) is 4.23. The van der Waals surface area contributed by atoms with Crippen molar-refractivity contribution in [2.24, 2.45) is 5.92 Å². The smallest absolute Gasteiger partial charge is 0.0944 e. The fraction of sp³-hybridized carbons (Fsp3) is 1.00. The molecule has 2 nitrogen and oxygen atoms in total. The molecule has 1 aliphatic carbocycles. The summed E-state index contributed by atoms with van der Waals surface area (Å²) in [6, 6.07) is 0.